The molecule has 0 aliphatic carbocycles. The minimum absolute atomic E-state index is 0.127. The molecule has 0 saturated carbocycles. The fraction of sp³-hybridized carbons (Fsp3) is 0.303. The van der Waals surface area contributed by atoms with Gasteiger partial charge in [0.2, 0.25) is 5.89 Å². The molecule has 2 amide bonds. The molecule has 2 saturated heterocycles. The number of nitrogens with one attached hydrogen (secondary N) is 1. The molecule has 1 N–H and O–H groups in total. The van der Waals surface area contributed by atoms with Crippen LogP contribution in [0.1, 0.15) is 24.2 Å². The Morgan fingerprint density at radius 3 is 2.73 bits per heavy atom. The summed E-state index contributed by atoms with van der Waals surface area (Å²) in [7, 11) is 0. The summed E-state index contributed by atoms with van der Waals surface area (Å²) in [4.78, 5) is 29.9. The molecule has 206 valence electrons. The SMILES string of the molecule is Cc1cnc(-c2ccc(NC(=O)N3CCc4cc5nccc(N6CCN7CCC[C@H]7C6)c5cc43)c3ccccc23)o1. The molecule has 3 aliphatic heterocycles. The summed E-state index contributed by atoms with van der Waals surface area (Å²) in [6, 6.07) is 19.0. The van der Waals surface area contributed by atoms with E-state index in [1.165, 1.54) is 25.1 Å². The number of carbonyl (C=O) groups is 1. The van der Waals surface area contributed by atoms with E-state index in [9.17, 15) is 4.79 Å². The van der Waals surface area contributed by atoms with Crippen LogP contribution in [-0.2, 0) is 6.42 Å². The number of piperazine rings is 1. The molecular weight excluding hydrogens is 512 g/mol. The van der Waals surface area contributed by atoms with Crippen LogP contribution in [0.2, 0.25) is 0 Å². The van der Waals surface area contributed by atoms with Gasteiger partial charge in [-0.3, -0.25) is 14.8 Å². The van der Waals surface area contributed by atoms with Gasteiger partial charge in [0.15, 0.2) is 0 Å². The first-order valence-electron chi connectivity index (χ1n) is 14.6. The van der Waals surface area contributed by atoms with Crippen molar-refractivity contribution in [1.82, 2.24) is 14.9 Å². The number of amides is 2. The van der Waals surface area contributed by atoms with E-state index in [4.69, 9.17) is 9.40 Å². The van der Waals surface area contributed by atoms with Gasteiger partial charge in [-0.2, -0.15) is 0 Å². The number of hydrogen-bond acceptors (Lipinski definition) is 6. The van der Waals surface area contributed by atoms with Crippen LogP contribution < -0.4 is 15.1 Å². The maximum absolute atomic E-state index is 13.8. The van der Waals surface area contributed by atoms with E-state index in [1.807, 2.05) is 54.4 Å². The van der Waals surface area contributed by atoms with Crippen LogP contribution in [0.15, 0.2) is 71.4 Å². The number of fused-ring (bicyclic) bond motifs is 4. The van der Waals surface area contributed by atoms with Crippen LogP contribution in [0.4, 0.5) is 21.9 Å². The van der Waals surface area contributed by atoms with Crippen LogP contribution in [0, 0.1) is 6.92 Å². The number of anilines is 3. The number of urea groups is 1. The lowest BCUT2D eigenvalue weighted by molar-refractivity contribution is 0.231. The molecule has 0 unspecified atom stereocenters. The molecule has 0 bridgehead atoms. The minimum atomic E-state index is -0.127. The number of carbonyl (C=O) groups excluding carboxylic acids is 1. The second kappa shape index (κ2) is 9.59. The molecule has 2 fully saturated rings. The van der Waals surface area contributed by atoms with Gasteiger partial charge in [0.05, 0.1) is 17.4 Å². The highest BCUT2D eigenvalue weighted by molar-refractivity contribution is 6.11. The van der Waals surface area contributed by atoms with Crippen molar-refractivity contribution in [3.05, 3.63) is 78.3 Å². The molecule has 3 aliphatic rings. The van der Waals surface area contributed by atoms with Gasteiger partial charge in [-0.25, -0.2) is 9.78 Å². The second-order valence-corrected chi connectivity index (χ2v) is 11.4. The maximum atomic E-state index is 13.8. The first-order chi connectivity index (χ1) is 20.1. The van der Waals surface area contributed by atoms with Gasteiger partial charge in [0.1, 0.15) is 5.76 Å². The molecule has 8 heteroatoms. The number of rotatable bonds is 3. The summed E-state index contributed by atoms with van der Waals surface area (Å²) in [5.41, 5.74) is 6.03. The average molecular weight is 545 g/mol. The van der Waals surface area contributed by atoms with E-state index >= 15 is 0 Å². The molecule has 8 rings (SSSR count). The van der Waals surface area contributed by atoms with Gasteiger partial charge in [0.25, 0.3) is 0 Å². The highest BCUT2D eigenvalue weighted by atomic mass is 16.4. The van der Waals surface area contributed by atoms with Gasteiger partial charge in [0, 0.05) is 66.1 Å². The van der Waals surface area contributed by atoms with Gasteiger partial charge in [-0.15, -0.1) is 0 Å². The van der Waals surface area contributed by atoms with Crippen molar-refractivity contribution in [2.75, 3.05) is 47.8 Å². The molecule has 1 atom stereocenters. The molecule has 5 heterocycles. The fourth-order valence-electron chi connectivity index (χ4n) is 6.97. The zero-order valence-corrected chi connectivity index (χ0v) is 23.1. The normalized spacial score (nSPS) is 18.7. The molecule has 5 aromatic rings. The topological polar surface area (TPSA) is 77.7 Å². The zero-order valence-electron chi connectivity index (χ0n) is 23.1. The van der Waals surface area contributed by atoms with Gasteiger partial charge >= 0.3 is 6.03 Å². The summed E-state index contributed by atoms with van der Waals surface area (Å²) in [5, 5.41) is 6.26. The summed E-state index contributed by atoms with van der Waals surface area (Å²) in [6.45, 7) is 6.93. The molecule has 41 heavy (non-hydrogen) atoms. The first kappa shape index (κ1) is 24.4. The van der Waals surface area contributed by atoms with E-state index in [0.29, 0.717) is 18.5 Å². The second-order valence-electron chi connectivity index (χ2n) is 11.4. The Bertz CT molecular complexity index is 1810. The fourth-order valence-corrected chi connectivity index (χ4v) is 6.97. The Morgan fingerprint density at radius 1 is 0.951 bits per heavy atom. The number of hydrogen-bond donors (Lipinski definition) is 1. The molecule has 8 nitrogen and oxygen atoms in total. The standard InChI is InChI=1S/C33H32N6O2/c1-21-19-35-32(41-21)26-8-9-28(25-7-3-2-6-24(25)26)36-33(40)39-14-11-22-17-29-27(18-31(22)39)30(10-12-34-29)38-16-15-37-13-4-5-23(37)20-38/h2-3,6-10,12,17-19,23H,4-5,11,13-16,20H2,1H3,(H,36,40)/t23-/m0/s1. The van der Waals surface area contributed by atoms with Crippen molar-refractivity contribution in [3.8, 4) is 11.5 Å². The summed E-state index contributed by atoms with van der Waals surface area (Å²) in [6.07, 6.45) is 7.04. The number of benzene rings is 3. The van der Waals surface area contributed by atoms with Crippen molar-refractivity contribution in [1.29, 1.82) is 0 Å². The zero-order chi connectivity index (χ0) is 27.5. The number of nitrogens with zero attached hydrogens (tertiary/aromatic N) is 5. The number of pyridine rings is 1. The third-order valence-electron chi connectivity index (χ3n) is 9.01. The largest absolute Gasteiger partial charge is 0.441 e. The maximum Gasteiger partial charge on any atom is 0.326 e. The lowest BCUT2D eigenvalue weighted by Gasteiger charge is -2.39. The van der Waals surface area contributed by atoms with Gasteiger partial charge < -0.3 is 14.6 Å². The predicted molar refractivity (Wildman–Crippen MR) is 163 cm³/mol. The summed E-state index contributed by atoms with van der Waals surface area (Å²) in [5.74, 6) is 1.34. The average Bonchev–Trinajstić information content (AvgIpc) is 3.75. The Kier molecular flexibility index (Phi) is 5.70. The van der Waals surface area contributed by atoms with Crippen LogP contribution in [0.5, 0.6) is 0 Å². The smallest absolute Gasteiger partial charge is 0.326 e. The Hall–Kier alpha value is -4.43. The third kappa shape index (κ3) is 4.13. The molecule has 0 spiro atoms. The van der Waals surface area contributed by atoms with Crippen molar-refractivity contribution < 1.29 is 9.21 Å². The monoisotopic (exact) mass is 544 g/mol. The number of aryl methyl sites for hydroxylation is 1. The van der Waals surface area contributed by atoms with Crippen LogP contribution in [0.25, 0.3) is 33.1 Å². The molecule has 2 aromatic heterocycles. The molecular formula is C33H32N6O2. The Morgan fingerprint density at radius 2 is 1.85 bits per heavy atom. The van der Waals surface area contributed by atoms with Crippen LogP contribution in [-0.4, -0.2) is 59.7 Å². The van der Waals surface area contributed by atoms with Gasteiger partial charge in [-0.1, -0.05) is 24.3 Å². The van der Waals surface area contributed by atoms with E-state index in [2.05, 4.69) is 38.3 Å². The summed E-state index contributed by atoms with van der Waals surface area (Å²) < 4.78 is 5.81. The molecule has 0 radical (unpaired) electrons. The third-order valence-corrected chi connectivity index (χ3v) is 9.01. The van der Waals surface area contributed by atoms with Crippen molar-refractivity contribution in [3.63, 3.8) is 0 Å². The highest BCUT2D eigenvalue weighted by Gasteiger charge is 2.32. The van der Waals surface area contributed by atoms with E-state index in [0.717, 1.165) is 76.0 Å². The van der Waals surface area contributed by atoms with E-state index in [-0.39, 0.29) is 6.03 Å². The van der Waals surface area contributed by atoms with E-state index < -0.39 is 0 Å². The minimum Gasteiger partial charge on any atom is -0.441 e. The van der Waals surface area contributed by atoms with Gasteiger partial charge in [-0.05, 0) is 74.0 Å². The quantitative estimate of drug-likeness (QED) is 0.290. The lowest BCUT2D eigenvalue weighted by Crippen LogP contribution is -2.50. The first-order valence-corrected chi connectivity index (χ1v) is 14.6. The number of aromatic nitrogens is 2. The Balaban J connectivity index is 1.11. The Labute approximate surface area is 238 Å². The lowest BCUT2D eigenvalue weighted by atomic mass is 10.0. The van der Waals surface area contributed by atoms with Crippen molar-refractivity contribution in [2.45, 2.75) is 32.2 Å². The van der Waals surface area contributed by atoms with Crippen LogP contribution >= 0.6 is 0 Å². The predicted octanol–water partition coefficient (Wildman–Crippen LogP) is 6.23. The van der Waals surface area contributed by atoms with Crippen molar-refractivity contribution >= 4 is 44.8 Å². The number of oxazole rings is 1. The molecule has 3 aromatic carbocycles. The van der Waals surface area contributed by atoms with Crippen molar-refractivity contribution in [2.24, 2.45) is 0 Å². The summed E-state index contributed by atoms with van der Waals surface area (Å²) >= 11 is 0. The van der Waals surface area contributed by atoms with Crippen LogP contribution in [0.3, 0.4) is 0 Å². The highest BCUT2D eigenvalue weighted by Crippen LogP contribution is 2.38. The van der Waals surface area contributed by atoms with E-state index in [1.54, 1.807) is 6.20 Å².